The van der Waals surface area contributed by atoms with E-state index in [-0.39, 0.29) is 29.5 Å². The van der Waals surface area contributed by atoms with Crippen LogP contribution in [0.1, 0.15) is 54.0 Å². The molecular formula is C38H38FNO8. The number of benzene rings is 4. The number of rotatable bonds is 10. The molecule has 1 aliphatic heterocycles. The number of phenolic OH excluding ortho intramolecular Hbond substituents is 1. The molecule has 1 fully saturated rings. The summed E-state index contributed by atoms with van der Waals surface area (Å²) in [7, 11) is 0. The molecule has 250 valence electrons. The van der Waals surface area contributed by atoms with Crippen molar-refractivity contribution in [3.05, 3.63) is 120 Å². The van der Waals surface area contributed by atoms with Crippen molar-refractivity contribution in [1.29, 1.82) is 0 Å². The maximum atomic E-state index is 14.4. The van der Waals surface area contributed by atoms with Crippen LogP contribution in [0.15, 0.2) is 97.1 Å². The van der Waals surface area contributed by atoms with Crippen molar-refractivity contribution in [3.8, 4) is 22.6 Å². The first-order valence-corrected chi connectivity index (χ1v) is 15.7. The molecule has 4 atom stereocenters. The third-order valence-corrected chi connectivity index (χ3v) is 8.44. The maximum absolute atomic E-state index is 14.4. The topological polar surface area (TPSA) is 120 Å². The lowest BCUT2D eigenvalue weighted by Gasteiger charge is -2.48. The van der Waals surface area contributed by atoms with E-state index in [0.29, 0.717) is 28.7 Å². The second kappa shape index (κ2) is 14.7. The van der Waals surface area contributed by atoms with Gasteiger partial charge in [-0.25, -0.2) is 14.0 Å². The number of hydrogen-bond donors (Lipinski definition) is 2. The first kappa shape index (κ1) is 34.1. The fourth-order valence-corrected chi connectivity index (χ4v) is 5.56. The molecule has 0 bridgehead atoms. The van der Waals surface area contributed by atoms with Gasteiger partial charge in [-0.1, -0.05) is 55.5 Å². The van der Waals surface area contributed by atoms with Gasteiger partial charge in [0.15, 0.2) is 17.6 Å². The quantitative estimate of drug-likeness (QED) is 0.187. The molecule has 48 heavy (non-hydrogen) atoms. The number of amides is 1. The van der Waals surface area contributed by atoms with E-state index in [0.717, 1.165) is 0 Å². The van der Waals surface area contributed by atoms with Crippen LogP contribution in [-0.4, -0.2) is 53.6 Å². The summed E-state index contributed by atoms with van der Waals surface area (Å²) in [6.45, 7) is 7.11. The summed E-state index contributed by atoms with van der Waals surface area (Å²) >= 11 is 0. The van der Waals surface area contributed by atoms with Crippen molar-refractivity contribution in [2.24, 2.45) is 5.92 Å². The Morgan fingerprint density at radius 2 is 1.46 bits per heavy atom. The first-order chi connectivity index (χ1) is 22.9. The third-order valence-electron chi connectivity index (χ3n) is 8.44. The second-order valence-corrected chi connectivity index (χ2v) is 12.2. The summed E-state index contributed by atoms with van der Waals surface area (Å²) < 4.78 is 39.1. The van der Waals surface area contributed by atoms with E-state index in [1.54, 1.807) is 92.7 Å². The van der Waals surface area contributed by atoms with Crippen LogP contribution in [0, 0.1) is 11.7 Å². The fraction of sp³-hybridized carbons (Fsp3) is 0.289. The molecule has 1 amide bonds. The Kier molecular flexibility index (Phi) is 10.4. The Labute approximate surface area is 278 Å². The summed E-state index contributed by atoms with van der Waals surface area (Å²) in [5, 5.41) is 13.9. The Hall–Kier alpha value is -5.22. The molecule has 0 saturated carbocycles. The first-order valence-electron chi connectivity index (χ1n) is 15.7. The normalized spacial score (nSPS) is 19.9. The zero-order valence-corrected chi connectivity index (χ0v) is 27.1. The van der Waals surface area contributed by atoms with E-state index in [1.807, 2.05) is 6.92 Å². The number of hydrogen-bond acceptors (Lipinski definition) is 8. The van der Waals surface area contributed by atoms with Crippen LogP contribution in [-0.2, 0) is 25.4 Å². The number of carbonyl (C=O) groups is 3. The summed E-state index contributed by atoms with van der Waals surface area (Å²) in [5.74, 6) is -2.77. The lowest BCUT2D eigenvalue weighted by atomic mass is 9.82. The van der Waals surface area contributed by atoms with Gasteiger partial charge in [-0.05, 0) is 85.5 Å². The predicted octanol–water partition coefficient (Wildman–Crippen LogP) is 6.48. The number of aromatic hydroxyl groups is 1. The largest absolute Gasteiger partial charge is 0.504 e. The molecule has 1 heterocycles. The van der Waals surface area contributed by atoms with Gasteiger partial charge in [0.2, 0.25) is 18.3 Å². The molecule has 0 aliphatic carbocycles. The lowest BCUT2D eigenvalue weighted by molar-refractivity contribution is -0.283. The smallest absolute Gasteiger partial charge is 0.338 e. The van der Waals surface area contributed by atoms with Gasteiger partial charge in [-0.15, -0.1) is 0 Å². The van der Waals surface area contributed by atoms with Crippen molar-refractivity contribution in [2.75, 3.05) is 6.54 Å². The highest BCUT2D eigenvalue weighted by atomic mass is 19.1. The Morgan fingerprint density at radius 3 is 2.04 bits per heavy atom. The van der Waals surface area contributed by atoms with Crippen LogP contribution in [0.5, 0.6) is 11.5 Å². The van der Waals surface area contributed by atoms with Gasteiger partial charge in [0.25, 0.3) is 0 Å². The highest BCUT2D eigenvalue weighted by molar-refractivity contribution is 5.90. The minimum Gasteiger partial charge on any atom is -0.504 e. The molecule has 9 nitrogen and oxygen atoms in total. The molecule has 1 saturated heterocycles. The van der Waals surface area contributed by atoms with E-state index in [4.69, 9.17) is 18.9 Å². The van der Waals surface area contributed by atoms with Crippen LogP contribution in [0.4, 0.5) is 4.39 Å². The standard InChI is InChI=1S/C38H38FNO8/c1-23-33(46-35(43)25-12-7-5-8-13-25)34(47-36(44)26-14-9-6-10-15-26)37(48-38(23,3)4)45-32-22-30(27-16-11-17-29(39)20-27)28(21-31(32)42)18-19-40-24(2)41/h5-17,20-23,33-34,37,42H,18-19H2,1-4H3,(H,40,41)/t23-,33-,34-,37-/m1/s1. The van der Waals surface area contributed by atoms with Gasteiger partial charge in [-0.2, -0.15) is 0 Å². The van der Waals surface area contributed by atoms with Crippen LogP contribution >= 0.6 is 0 Å². The van der Waals surface area contributed by atoms with Gasteiger partial charge >= 0.3 is 11.9 Å². The van der Waals surface area contributed by atoms with Crippen molar-refractivity contribution in [3.63, 3.8) is 0 Å². The Morgan fingerprint density at radius 1 is 0.854 bits per heavy atom. The zero-order chi connectivity index (χ0) is 34.4. The van der Waals surface area contributed by atoms with Gasteiger partial charge in [-0.3, -0.25) is 4.79 Å². The minimum atomic E-state index is -1.35. The maximum Gasteiger partial charge on any atom is 0.338 e. The molecule has 0 spiro atoms. The lowest BCUT2D eigenvalue weighted by Crippen LogP contribution is -2.62. The number of phenols is 1. The SMILES string of the molecule is CC(=O)NCCc1cc(O)c(O[C@@H]2OC(C)(C)[C@H](C)[C@@H](OC(=O)c3ccccc3)[C@H]2OC(=O)c2ccccc2)cc1-c1cccc(F)c1. The number of ether oxygens (including phenoxy) is 4. The number of nitrogens with one attached hydrogen (secondary N) is 1. The van der Waals surface area contributed by atoms with Gasteiger partial charge in [0.1, 0.15) is 5.82 Å². The highest BCUT2D eigenvalue weighted by Gasteiger charge is 2.53. The predicted molar refractivity (Wildman–Crippen MR) is 176 cm³/mol. The van der Waals surface area contributed by atoms with E-state index in [1.165, 1.54) is 25.1 Å². The van der Waals surface area contributed by atoms with E-state index in [9.17, 15) is 23.9 Å². The minimum absolute atomic E-state index is 0.0400. The molecule has 2 N–H and O–H groups in total. The van der Waals surface area contributed by atoms with Crippen molar-refractivity contribution in [2.45, 2.75) is 58.2 Å². The molecule has 1 aliphatic rings. The van der Waals surface area contributed by atoms with Crippen molar-refractivity contribution in [1.82, 2.24) is 5.32 Å². The van der Waals surface area contributed by atoms with Gasteiger partial charge in [0.05, 0.1) is 16.7 Å². The summed E-state index contributed by atoms with van der Waals surface area (Å²) in [6.07, 6.45) is -3.32. The summed E-state index contributed by atoms with van der Waals surface area (Å²) in [4.78, 5) is 38.3. The van der Waals surface area contributed by atoms with Gasteiger partial charge in [0, 0.05) is 19.4 Å². The Bertz CT molecular complexity index is 1760. The van der Waals surface area contributed by atoms with E-state index in [2.05, 4.69) is 5.32 Å². The average Bonchev–Trinajstić information content (AvgIpc) is 3.06. The average molecular weight is 656 g/mol. The molecule has 10 heteroatoms. The number of halogens is 1. The van der Waals surface area contributed by atoms with E-state index < -0.39 is 47.8 Å². The van der Waals surface area contributed by atoms with E-state index >= 15 is 0 Å². The molecular weight excluding hydrogens is 617 g/mol. The van der Waals surface area contributed by atoms with Crippen molar-refractivity contribution >= 4 is 17.8 Å². The monoisotopic (exact) mass is 655 g/mol. The number of esters is 2. The molecule has 5 rings (SSSR count). The molecule has 4 aromatic carbocycles. The molecule has 0 unspecified atom stereocenters. The summed E-state index contributed by atoms with van der Waals surface area (Å²) in [5.41, 5.74) is 1.30. The molecule has 4 aromatic rings. The van der Waals surface area contributed by atoms with Crippen LogP contribution in [0.2, 0.25) is 0 Å². The van der Waals surface area contributed by atoms with Crippen LogP contribution < -0.4 is 10.1 Å². The number of carbonyl (C=O) groups excluding carboxylic acids is 3. The molecule has 0 radical (unpaired) electrons. The van der Waals surface area contributed by atoms with Crippen LogP contribution in [0.25, 0.3) is 11.1 Å². The third kappa shape index (κ3) is 8.01. The highest BCUT2D eigenvalue weighted by Crippen LogP contribution is 2.42. The van der Waals surface area contributed by atoms with Crippen LogP contribution in [0.3, 0.4) is 0 Å². The van der Waals surface area contributed by atoms with Crippen molar-refractivity contribution < 1.29 is 42.8 Å². The zero-order valence-electron chi connectivity index (χ0n) is 27.1. The second-order valence-electron chi connectivity index (χ2n) is 12.2. The molecule has 0 aromatic heterocycles. The summed E-state index contributed by atoms with van der Waals surface area (Å²) in [6, 6.07) is 25.8. The fourth-order valence-electron chi connectivity index (χ4n) is 5.56. The van der Waals surface area contributed by atoms with Gasteiger partial charge < -0.3 is 29.4 Å². The Balaban J connectivity index is 1.54.